The van der Waals surface area contributed by atoms with Crippen LogP contribution in [0.15, 0.2) is 33.7 Å². The topological polar surface area (TPSA) is 51.0 Å². The second kappa shape index (κ2) is 7.67. The van der Waals surface area contributed by atoms with Gasteiger partial charge < -0.3 is 9.84 Å². The zero-order valence-corrected chi connectivity index (χ0v) is 13.2. The Morgan fingerprint density at radius 2 is 2.30 bits per heavy atom. The van der Waals surface area contributed by atoms with Gasteiger partial charge in [0.05, 0.1) is 12.3 Å². The molecule has 0 saturated heterocycles. The number of halogens is 1. The Morgan fingerprint density at radius 1 is 1.45 bits per heavy atom. The summed E-state index contributed by atoms with van der Waals surface area (Å²) in [7, 11) is 0. The lowest BCUT2D eigenvalue weighted by molar-refractivity contribution is 0.355. The summed E-state index contributed by atoms with van der Waals surface area (Å²) in [6, 6.07) is 8.19. The van der Waals surface area contributed by atoms with Gasteiger partial charge in [-0.05, 0) is 31.5 Å². The predicted octanol–water partition coefficient (Wildman–Crippen LogP) is 3.90. The van der Waals surface area contributed by atoms with Crippen molar-refractivity contribution in [3.05, 3.63) is 41.0 Å². The standard InChI is InChI=1S/C14H18ClN3OS/c1-3-10(2)16-8-14-17-13(18-19-14)9-20-12-6-4-5-11(15)7-12/h4-7,10,16H,3,8-9H2,1-2H3. The first-order valence-electron chi connectivity index (χ1n) is 6.60. The summed E-state index contributed by atoms with van der Waals surface area (Å²) >= 11 is 7.58. The van der Waals surface area contributed by atoms with Crippen LogP contribution in [0.2, 0.25) is 5.02 Å². The Kier molecular flexibility index (Phi) is 5.88. The molecule has 0 fully saturated rings. The van der Waals surface area contributed by atoms with Crippen LogP contribution in [-0.2, 0) is 12.3 Å². The maximum Gasteiger partial charge on any atom is 0.240 e. The van der Waals surface area contributed by atoms with Crippen molar-refractivity contribution in [3.8, 4) is 0 Å². The van der Waals surface area contributed by atoms with Gasteiger partial charge in [0.25, 0.3) is 0 Å². The Hall–Kier alpha value is -1.04. The molecule has 0 amide bonds. The lowest BCUT2D eigenvalue weighted by Gasteiger charge is -2.07. The van der Waals surface area contributed by atoms with E-state index < -0.39 is 0 Å². The zero-order valence-electron chi connectivity index (χ0n) is 11.6. The van der Waals surface area contributed by atoms with Crippen LogP contribution in [0, 0.1) is 0 Å². The van der Waals surface area contributed by atoms with Crippen LogP contribution >= 0.6 is 23.4 Å². The number of benzene rings is 1. The monoisotopic (exact) mass is 311 g/mol. The molecule has 0 aliphatic rings. The van der Waals surface area contributed by atoms with Gasteiger partial charge in [-0.2, -0.15) is 4.98 Å². The molecule has 108 valence electrons. The van der Waals surface area contributed by atoms with Crippen LogP contribution in [0.3, 0.4) is 0 Å². The van der Waals surface area contributed by atoms with Gasteiger partial charge in [0.1, 0.15) is 0 Å². The van der Waals surface area contributed by atoms with Crippen LogP contribution in [0.4, 0.5) is 0 Å². The summed E-state index contributed by atoms with van der Waals surface area (Å²) in [5.74, 6) is 2.01. The van der Waals surface area contributed by atoms with E-state index in [0.29, 0.717) is 30.1 Å². The molecular formula is C14H18ClN3OS. The summed E-state index contributed by atoms with van der Waals surface area (Å²) < 4.78 is 5.21. The number of hydrogen-bond acceptors (Lipinski definition) is 5. The molecule has 0 bridgehead atoms. The van der Waals surface area contributed by atoms with Crippen molar-refractivity contribution in [3.63, 3.8) is 0 Å². The molecule has 4 nitrogen and oxygen atoms in total. The molecule has 1 unspecified atom stereocenters. The predicted molar refractivity (Wildman–Crippen MR) is 81.9 cm³/mol. The van der Waals surface area contributed by atoms with Crippen molar-refractivity contribution >= 4 is 23.4 Å². The molecule has 1 N–H and O–H groups in total. The minimum atomic E-state index is 0.450. The van der Waals surface area contributed by atoms with Gasteiger partial charge in [-0.1, -0.05) is 29.7 Å². The Labute approximate surface area is 128 Å². The van der Waals surface area contributed by atoms with Gasteiger partial charge in [0.15, 0.2) is 5.82 Å². The van der Waals surface area contributed by atoms with Crippen molar-refractivity contribution in [2.24, 2.45) is 0 Å². The number of rotatable bonds is 7. The van der Waals surface area contributed by atoms with Crippen molar-refractivity contribution in [1.29, 1.82) is 0 Å². The van der Waals surface area contributed by atoms with Gasteiger partial charge in [-0.3, -0.25) is 0 Å². The van der Waals surface area contributed by atoms with E-state index in [1.807, 2.05) is 24.3 Å². The molecule has 20 heavy (non-hydrogen) atoms. The first kappa shape index (κ1) is 15.4. The molecule has 0 radical (unpaired) electrons. The van der Waals surface area contributed by atoms with E-state index >= 15 is 0 Å². The molecule has 0 aliphatic carbocycles. The van der Waals surface area contributed by atoms with Crippen LogP contribution < -0.4 is 5.32 Å². The molecule has 6 heteroatoms. The SMILES string of the molecule is CCC(C)NCc1nc(CSc2cccc(Cl)c2)no1. The van der Waals surface area contributed by atoms with E-state index in [9.17, 15) is 0 Å². The van der Waals surface area contributed by atoms with E-state index in [0.717, 1.165) is 16.3 Å². The minimum absolute atomic E-state index is 0.450. The first-order valence-corrected chi connectivity index (χ1v) is 7.97. The molecule has 0 aliphatic heterocycles. The van der Waals surface area contributed by atoms with E-state index in [2.05, 4.69) is 29.3 Å². The van der Waals surface area contributed by atoms with Crippen molar-refractivity contribution in [2.45, 2.75) is 43.5 Å². The molecule has 0 spiro atoms. The molecule has 2 aromatic rings. The smallest absolute Gasteiger partial charge is 0.240 e. The average molecular weight is 312 g/mol. The van der Waals surface area contributed by atoms with Crippen LogP contribution in [0.25, 0.3) is 0 Å². The van der Waals surface area contributed by atoms with E-state index in [1.165, 1.54) is 0 Å². The number of nitrogens with one attached hydrogen (secondary N) is 1. The van der Waals surface area contributed by atoms with Crippen LogP contribution in [-0.4, -0.2) is 16.2 Å². The Bertz CT molecular complexity index is 547. The number of aromatic nitrogens is 2. The largest absolute Gasteiger partial charge is 0.338 e. The fraction of sp³-hybridized carbons (Fsp3) is 0.429. The Morgan fingerprint density at radius 3 is 3.05 bits per heavy atom. The molecule has 1 aromatic carbocycles. The van der Waals surface area contributed by atoms with Crippen molar-refractivity contribution < 1.29 is 4.52 Å². The average Bonchev–Trinajstić information content (AvgIpc) is 2.90. The molecule has 2 rings (SSSR count). The third kappa shape index (κ3) is 4.81. The third-order valence-electron chi connectivity index (χ3n) is 2.89. The third-order valence-corrected chi connectivity index (χ3v) is 4.11. The molecule has 1 aromatic heterocycles. The van der Waals surface area contributed by atoms with Crippen LogP contribution in [0.1, 0.15) is 32.0 Å². The van der Waals surface area contributed by atoms with Gasteiger partial charge in [0, 0.05) is 16.0 Å². The van der Waals surface area contributed by atoms with Crippen LogP contribution in [0.5, 0.6) is 0 Å². The van der Waals surface area contributed by atoms with E-state index in [-0.39, 0.29) is 0 Å². The van der Waals surface area contributed by atoms with Crippen molar-refractivity contribution in [2.75, 3.05) is 0 Å². The van der Waals surface area contributed by atoms with Crippen molar-refractivity contribution in [1.82, 2.24) is 15.5 Å². The first-order chi connectivity index (χ1) is 9.67. The fourth-order valence-electron chi connectivity index (χ4n) is 1.53. The normalized spacial score (nSPS) is 12.6. The maximum absolute atomic E-state index is 5.94. The maximum atomic E-state index is 5.94. The lowest BCUT2D eigenvalue weighted by atomic mass is 10.3. The summed E-state index contributed by atoms with van der Waals surface area (Å²) in [6.07, 6.45) is 1.08. The number of nitrogens with zero attached hydrogens (tertiary/aromatic N) is 2. The van der Waals surface area contributed by atoms with E-state index in [1.54, 1.807) is 11.8 Å². The summed E-state index contributed by atoms with van der Waals surface area (Å²) in [4.78, 5) is 5.46. The lowest BCUT2D eigenvalue weighted by Crippen LogP contribution is -2.24. The van der Waals surface area contributed by atoms with E-state index in [4.69, 9.17) is 16.1 Å². The molecular weight excluding hydrogens is 294 g/mol. The quantitative estimate of drug-likeness (QED) is 0.786. The highest BCUT2D eigenvalue weighted by molar-refractivity contribution is 7.98. The zero-order chi connectivity index (χ0) is 14.4. The molecule has 1 heterocycles. The summed E-state index contributed by atoms with van der Waals surface area (Å²) in [5, 5.41) is 8.04. The van der Waals surface area contributed by atoms with Gasteiger partial charge >= 0.3 is 0 Å². The number of hydrogen-bond donors (Lipinski definition) is 1. The second-order valence-electron chi connectivity index (χ2n) is 4.54. The minimum Gasteiger partial charge on any atom is -0.338 e. The Balaban J connectivity index is 1.83. The molecule has 0 saturated carbocycles. The van der Waals surface area contributed by atoms with Gasteiger partial charge in [-0.15, -0.1) is 11.8 Å². The van der Waals surface area contributed by atoms with Gasteiger partial charge in [-0.25, -0.2) is 0 Å². The highest BCUT2D eigenvalue weighted by Gasteiger charge is 2.08. The highest BCUT2D eigenvalue weighted by atomic mass is 35.5. The fourth-order valence-corrected chi connectivity index (χ4v) is 2.58. The molecule has 1 atom stereocenters. The summed E-state index contributed by atoms with van der Waals surface area (Å²) in [5.41, 5.74) is 0. The van der Waals surface area contributed by atoms with Gasteiger partial charge in [0.2, 0.25) is 5.89 Å². The number of thioether (sulfide) groups is 1. The second-order valence-corrected chi connectivity index (χ2v) is 6.03. The summed E-state index contributed by atoms with van der Waals surface area (Å²) in [6.45, 7) is 4.88. The highest BCUT2D eigenvalue weighted by Crippen LogP contribution is 2.24.